The number of fused-ring (bicyclic) bond motifs is 1. The van der Waals surface area contributed by atoms with Crippen LogP contribution in [0.1, 0.15) is 52.5 Å². The molecule has 1 unspecified atom stereocenters. The molecule has 0 spiro atoms. The van der Waals surface area contributed by atoms with Crippen molar-refractivity contribution in [2.75, 3.05) is 12.3 Å². The van der Waals surface area contributed by atoms with Gasteiger partial charge in [0.2, 0.25) is 0 Å². The van der Waals surface area contributed by atoms with Crippen molar-refractivity contribution in [2.45, 2.75) is 68.6 Å². The van der Waals surface area contributed by atoms with Crippen LogP contribution in [-0.2, 0) is 17.0 Å². The molecule has 0 radical (unpaired) electrons. The number of alkyl halides is 3. The molecule has 150 valence electrons. The van der Waals surface area contributed by atoms with Gasteiger partial charge in [-0.15, -0.1) is 11.3 Å². The summed E-state index contributed by atoms with van der Waals surface area (Å²) in [5, 5.41) is 0. The molecule has 1 atom stereocenters. The van der Waals surface area contributed by atoms with Crippen molar-refractivity contribution in [1.82, 2.24) is 14.9 Å². The number of piperidine rings is 1. The van der Waals surface area contributed by atoms with E-state index in [9.17, 15) is 17.4 Å². The predicted octanol–water partition coefficient (Wildman–Crippen LogP) is 4.86. The highest BCUT2D eigenvalue weighted by atomic mass is 32.2. The first kappa shape index (κ1) is 20.7. The molecule has 0 aromatic carbocycles. The van der Waals surface area contributed by atoms with Gasteiger partial charge in [-0.3, -0.25) is 9.11 Å². The first-order chi connectivity index (χ1) is 12.4. The van der Waals surface area contributed by atoms with Crippen molar-refractivity contribution in [1.29, 1.82) is 0 Å². The van der Waals surface area contributed by atoms with Gasteiger partial charge in [-0.2, -0.15) is 13.2 Å². The number of pyridine rings is 1. The molecule has 0 aliphatic carbocycles. The van der Waals surface area contributed by atoms with Crippen LogP contribution in [0.25, 0.3) is 10.3 Å². The molecule has 1 aliphatic heterocycles. The van der Waals surface area contributed by atoms with Crippen molar-refractivity contribution in [2.24, 2.45) is 0 Å². The van der Waals surface area contributed by atoms with Crippen LogP contribution in [0.5, 0.6) is 0 Å². The molecule has 3 heterocycles. The van der Waals surface area contributed by atoms with Crippen LogP contribution in [-0.4, -0.2) is 42.5 Å². The van der Waals surface area contributed by atoms with Crippen LogP contribution in [0.4, 0.5) is 13.2 Å². The molecular formula is C18H24F3N3OS2. The second-order valence-corrected chi connectivity index (χ2v) is 11.0. The zero-order valence-corrected chi connectivity index (χ0v) is 17.5. The minimum atomic E-state index is -4.45. The van der Waals surface area contributed by atoms with Gasteiger partial charge < -0.3 is 0 Å². The van der Waals surface area contributed by atoms with Crippen LogP contribution in [0.3, 0.4) is 0 Å². The Kier molecular flexibility index (Phi) is 5.42. The Bertz CT molecular complexity index is 845. The Morgan fingerprint density at radius 3 is 2.44 bits per heavy atom. The van der Waals surface area contributed by atoms with E-state index in [1.807, 2.05) is 0 Å². The lowest BCUT2D eigenvalue weighted by Crippen LogP contribution is -2.59. The SMILES string of the molecule is CC1(C)CCCC(C)(C)N1CCS(=O)c1nc2ncc(C(F)(F)F)cc2s1. The molecule has 2 aromatic rings. The Hall–Kier alpha value is -1.06. The summed E-state index contributed by atoms with van der Waals surface area (Å²) in [4.78, 5) is 10.4. The van der Waals surface area contributed by atoms with E-state index in [4.69, 9.17) is 0 Å². The van der Waals surface area contributed by atoms with Crippen LogP contribution in [0.15, 0.2) is 16.6 Å². The van der Waals surface area contributed by atoms with Crippen molar-refractivity contribution >= 4 is 32.5 Å². The van der Waals surface area contributed by atoms with E-state index < -0.39 is 22.5 Å². The van der Waals surface area contributed by atoms with Crippen molar-refractivity contribution in [3.63, 3.8) is 0 Å². The molecule has 0 N–H and O–H groups in total. The standard InChI is InChI=1S/C18H24F3N3OS2/c1-16(2)6-5-7-17(3,4)24(16)8-9-27(25)15-23-14-13(26-15)10-12(11-22-14)18(19,20)21/h10-11H,5-9H2,1-4H3. The number of thiazole rings is 1. The van der Waals surface area contributed by atoms with E-state index in [0.717, 1.165) is 36.4 Å². The lowest BCUT2D eigenvalue weighted by Gasteiger charge is -2.53. The first-order valence-electron chi connectivity index (χ1n) is 8.90. The van der Waals surface area contributed by atoms with Crippen LogP contribution in [0.2, 0.25) is 0 Å². The Labute approximate surface area is 163 Å². The summed E-state index contributed by atoms with van der Waals surface area (Å²) in [5.74, 6) is 0.402. The number of hydrogen-bond donors (Lipinski definition) is 0. The maximum Gasteiger partial charge on any atom is 0.417 e. The van der Waals surface area contributed by atoms with Crippen LogP contribution < -0.4 is 0 Å². The molecule has 3 rings (SSSR count). The van der Waals surface area contributed by atoms with Gasteiger partial charge in [0.1, 0.15) is 0 Å². The van der Waals surface area contributed by atoms with Gasteiger partial charge in [0, 0.05) is 29.6 Å². The molecule has 2 aromatic heterocycles. The van der Waals surface area contributed by atoms with Gasteiger partial charge in [-0.25, -0.2) is 9.97 Å². The number of rotatable bonds is 4. The number of hydrogen-bond acceptors (Lipinski definition) is 5. The minimum Gasteiger partial charge on any atom is -0.292 e. The van der Waals surface area contributed by atoms with Gasteiger partial charge in [0.05, 0.1) is 21.1 Å². The molecule has 4 nitrogen and oxygen atoms in total. The highest BCUT2D eigenvalue weighted by molar-refractivity contribution is 7.87. The quantitative estimate of drug-likeness (QED) is 0.710. The number of aromatic nitrogens is 2. The molecule has 0 amide bonds. The summed E-state index contributed by atoms with van der Waals surface area (Å²) >= 11 is 1.03. The second kappa shape index (κ2) is 7.08. The third-order valence-corrected chi connectivity index (χ3v) is 7.92. The van der Waals surface area contributed by atoms with Crippen LogP contribution in [0, 0.1) is 0 Å². The fourth-order valence-electron chi connectivity index (χ4n) is 3.96. The fourth-order valence-corrected chi connectivity index (χ4v) is 6.26. The first-order valence-corrected chi connectivity index (χ1v) is 11.0. The lowest BCUT2D eigenvalue weighted by atomic mass is 9.80. The van der Waals surface area contributed by atoms with E-state index >= 15 is 0 Å². The average Bonchev–Trinajstić information content (AvgIpc) is 2.95. The maximum absolute atomic E-state index is 12.8. The zero-order valence-electron chi connectivity index (χ0n) is 15.9. The Morgan fingerprint density at radius 2 is 1.85 bits per heavy atom. The monoisotopic (exact) mass is 419 g/mol. The minimum absolute atomic E-state index is 0.0305. The molecular weight excluding hydrogens is 395 g/mol. The van der Waals surface area contributed by atoms with Crippen LogP contribution >= 0.6 is 11.3 Å². The van der Waals surface area contributed by atoms with E-state index in [0.29, 0.717) is 21.3 Å². The fraction of sp³-hybridized carbons (Fsp3) is 0.667. The number of halogens is 3. The summed E-state index contributed by atoms with van der Waals surface area (Å²) in [6.07, 6.45) is -0.323. The second-order valence-electron chi connectivity index (χ2n) is 8.20. The van der Waals surface area contributed by atoms with E-state index in [-0.39, 0.29) is 16.7 Å². The van der Waals surface area contributed by atoms with Gasteiger partial charge >= 0.3 is 6.18 Å². The van der Waals surface area contributed by atoms with Gasteiger partial charge in [-0.05, 0) is 53.0 Å². The third kappa shape index (κ3) is 4.35. The zero-order chi connectivity index (χ0) is 20.0. The summed E-state index contributed by atoms with van der Waals surface area (Å²) in [5.41, 5.74) is -0.534. The van der Waals surface area contributed by atoms with Crippen molar-refractivity contribution in [3.05, 3.63) is 17.8 Å². The summed E-state index contributed by atoms with van der Waals surface area (Å²) in [6.45, 7) is 9.48. The summed E-state index contributed by atoms with van der Waals surface area (Å²) in [7, 11) is -1.37. The van der Waals surface area contributed by atoms with E-state index in [1.165, 1.54) is 6.42 Å². The summed E-state index contributed by atoms with van der Waals surface area (Å²) in [6, 6.07) is 1.03. The van der Waals surface area contributed by atoms with E-state index in [2.05, 4.69) is 42.6 Å². The number of nitrogens with zero attached hydrogens (tertiary/aromatic N) is 3. The molecule has 0 bridgehead atoms. The highest BCUT2D eigenvalue weighted by Gasteiger charge is 2.41. The Balaban J connectivity index is 1.76. The average molecular weight is 420 g/mol. The maximum atomic E-state index is 12.8. The molecule has 9 heteroatoms. The topological polar surface area (TPSA) is 46.1 Å². The normalized spacial score (nSPS) is 21.4. The van der Waals surface area contributed by atoms with Gasteiger partial charge in [-0.1, -0.05) is 0 Å². The number of likely N-dealkylation sites (tertiary alicyclic amines) is 1. The lowest BCUT2D eigenvalue weighted by molar-refractivity contribution is -0.137. The van der Waals surface area contributed by atoms with E-state index in [1.54, 1.807) is 0 Å². The van der Waals surface area contributed by atoms with Gasteiger partial charge in [0.25, 0.3) is 0 Å². The van der Waals surface area contributed by atoms with Crippen molar-refractivity contribution < 1.29 is 17.4 Å². The molecule has 27 heavy (non-hydrogen) atoms. The van der Waals surface area contributed by atoms with Crippen molar-refractivity contribution in [3.8, 4) is 0 Å². The molecule has 0 saturated carbocycles. The smallest absolute Gasteiger partial charge is 0.292 e. The Morgan fingerprint density at radius 1 is 1.22 bits per heavy atom. The predicted molar refractivity (Wildman–Crippen MR) is 102 cm³/mol. The molecule has 1 aliphatic rings. The highest BCUT2D eigenvalue weighted by Crippen LogP contribution is 2.38. The van der Waals surface area contributed by atoms with Gasteiger partial charge in [0.15, 0.2) is 9.99 Å². The molecule has 1 fully saturated rings. The molecule has 1 saturated heterocycles. The summed E-state index contributed by atoms with van der Waals surface area (Å²) < 4.78 is 51.9. The largest absolute Gasteiger partial charge is 0.417 e. The third-order valence-electron chi connectivity index (χ3n) is 5.29.